The predicted octanol–water partition coefficient (Wildman–Crippen LogP) is 3.09. The van der Waals surface area contributed by atoms with Crippen molar-refractivity contribution in [2.45, 2.75) is 33.3 Å². The van der Waals surface area contributed by atoms with Crippen LogP contribution in [0.25, 0.3) is 6.08 Å². The molecule has 3 amide bonds. The monoisotopic (exact) mass is 454 g/mol. The van der Waals surface area contributed by atoms with E-state index < -0.39 is 24.5 Å². The first-order chi connectivity index (χ1) is 13.3. The molecule has 0 radical (unpaired) electrons. The van der Waals surface area contributed by atoms with Crippen molar-refractivity contribution in [2.24, 2.45) is 0 Å². The number of halogens is 1. The highest BCUT2D eigenvalue weighted by atomic mass is 79.9. The Morgan fingerprint density at radius 2 is 2.04 bits per heavy atom. The van der Waals surface area contributed by atoms with Gasteiger partial charge in [0.2, 0.25) is 0 Å². The van der Waals surface area contributed by atoms with E-state index in [1.54, 1.807) is 12.1 Å². The van der Waals surface area contributed by atoms with Crippen LogP contribution in [0.15, 0.2) is 22.3 Å². The van der Waals surface area contributed by atoms with Crippen molar-refractivity contribution in [2.75, 3.05) is 20.3 Å². The third kappa shape index (κ3) is 5.03. The standard InChI is InChI=1S/C19H23BrN2O6/c1-5-11(3)28-17-13(20)7-12(9-15(17)27-6-2)8-14-18(24)22(19(25)21-14)10-16(23)26-4/h7-9,11H,5-6,10H2,1-4H3,(H,21,25). The van der Waals surface area contributed by atoms with Gasteiger partial charge in [-0.1, -0.05) is 6.92 Å². The third-order valence-corrected chi connectivity index (χ3v) is 4.60. The van der Waals surface area contributed by atoms with Gasteiger partial charge in [0.25, 0.3) is 5.91 Å². The minimum Gasteiger partial charge on any atom is -0.490 e. The second kappa shape index (κ2) is 9.59. The summed E-state index contributed by atoms with van der Waals surface area (Å²) in [6, 6.07) is 2.80. The van der Waals surface area contributed by atoms with Crippen LogP contribution in [0.1, 0.15) is 32.8 Å². The Kier molecular flexibility index (Phi) is 7.45. The molecule has 152 valence electrons. The Bertz CT molecular complexity index is 808. The Hall–Kier alpha value is -2.55. The van der Waals surface area contributed by atoms with Crippen molar-refractivity contribution in [3.05, 3.63) is 27.9 Å². The molecule has 0 bridgehead atoms. The second-order valence-corrected chi connectivity index (χ2v) is 6.91. The summed E-state index contributed by atoms with van der Waals surface area (Å²) < 4.78 is 16.8. The largest absolute Gasteiger partial charge is 0.490 e. The lowest BCUT2D eigenvalue weighted by molar-refractivity contribution is -0.143. The molecule has 8 nitrogen and oxygen atoms in total. The molecular formula is C19H23BrN2O6. The van der Waals surface area contributed by atoms with Gasteiger partial charge < -0.3 is 19.5 Å². The van der Waals surface area contributed by atoms with Crippen LogP contribution in [0.5, 0.6) is 11.5 Å². The summed E-state index contributed by atoms with van der Waals surface area (Å²) in [5.41, 5.74) is 0.675. The van der Waals surface area contributed by atoms with E-state index in [1.165, 1.54) is 13.2 Å². The van der Waals surface area contributed by atoms with Crippen LogP contribution in [0, 0.1) is 0 Å². The van der Waals surface area contributed by atoms with Gasteiger partial charge in [0.05, 0.1) is 24.3 Å². The molecule has 1 aliphatic rings. The molecule has 1 unspecified atom stereocenters. The minimum atomic E-state index is -0.683. The van der Waals surface area contributed by atoms with Gasteiger partial charge in [-0.05, 0) is 60.0 Å². The normalized spacial score (nSPS) is 16.2. The Morgan fingerprint density at radius 3 is 2.64 bits per heavy atom. The first-order valence-corrected chi connectivity index (χ1v) is 9.64. The van der Waals surface area contributed by atoms with Crippen LogP contribution in [-0.2, 0) is 14.3 Å². The molecule has 1 saturated heterocycles. The SMILES string of the molecule is CCOc1cc(C=C2NC(=O)N(CC(=O)OC)C2=O)cc(Br)c1OC(C)CC. The molecule has 9 heteroatoms. The van der Waals surface area contributed by atoms with Crippen LogP contribution >= 0.6 is 15.9 Å². The van der Waals surface area contributed by atoms with Gasteiger partial charge >= 0.3 is 12.0 Å². The number of urea groups is 1. The Morgan fingerprint density at radius 1 is 1.32 bits per heavy atom. The molecule has 0 aromatic heterocycles. The van der Waals surface area contributed by atoms with Gasteiger partial charge in [0.15, 0.2) is 11.5 Å². The van der Waals surface area contributed by atoms with Crippen molar-refractivity contribution >= 4 is 39.9 Å². The maximum Gasteiger partial charge on any atom is 0.329 e. The summed E-state index contributed by atoms with van der Waals surface area (Å²) in [7, 11) is 1.19. The molecule has 0 spiro atoms. The summed E-state index contributed by atoms with van der Waals surface area (Å²) in [6.07, 6.45) is 2.35. The van der Waals surface area contributed by atoms with Crippen molar-refractivity contribution < 1.29 is 28.6 Å². The summed E-state index contributed by atoms with van der Waals surface area (Å²) in [5, 5.41) is 2.46. The van der Waals surface area contributed by atoms with Crippen LogP contribution in [0.3, 0.4) is 0 Å². The Balaban J connectivity index is 2.33. The molecule has 1 aromatic rings. The number of benzene rings is 1. The van der Waals surface area contributed by atoms with Crippen molar-refractivity contribution in [1.82, 2.24) is 10.2 Å². The molecular weight excluding hydrogens is 432 g/mol. The zero-order chi connectivity index (χ0) is 20.8. The Labute approximate surface area is 171 Å². The second-order valence-electron chi connectivity index (χ2n) is 6.06. The number of carbonyl (C=O) groups excluding carboxylic acids is 3. The lowest BCUT2D eigenvalue weighted by Crippen LogP contribution is -2.36. The summed E-state index contributed by atoms with van der Waals surface area (Å²) in [4.78, 5) is 36.6. The molecule has 1 aliphatic heterocycles. The molecule has 0 saturated carbocycles. The highest BCUT2D eigenvalue weighted by Crippen LogP contribution is 2.38. The fourth-order valence-corrected chi connectivity index (χ4v) is 2.96. The number of imide groups is 1. The van der Waals surface area contributed by atoms with Gasteiger partial charge in [-0.3, -0.25) is 9.59 Å². The molecule has 1 aromatic carbocycles. The van der Waals surface area contributed by atoms with Crippen LogP contribution in [0.4, 0.5) is 4.79 Å². The van der Waals surface area contributed by atoms with E-state index in [2.05, 4.69) is 26.0 Å². The number of amides is 3. The van der Waals surface area contributed by atoms with Gasteiger partial charge in [-0.15, -0.1) is 0 Å². The summed E-state index contributed by atoms with van der Waals surface area (Å²) >= 11 is 3.48. The maximum absolute atomic E-state index is 12.4. The topological polar surface area (TPSA) is 94.2 Å². The van der Waals surface area contributed by atoms with E-state index in [-0.39, 0.29) is 11.8 Å². The molecule has 0 aliphatic carbocycles. The summed E-state index contributed by atoms with van der Waals surface area (Å²) in [6.45, 7) is 5.82. The zero-order valence-corrected chi connectivity index (χ0v) is 17.8. The van der Waals surface area contributed by atoms with Crippen molar-refractivity contribution in [1.29, 1.82) is 0 Å². The number of esters is 1. The number of carbonyl (C=O) groups is 3. The van der Waals surface area contributed by atoms with Crippen LogP contribution in [0.2, 0.25) is 0 Å². The number of ether oxygens (including phenoxy) is 3. The van der Waals surface area contributed by atoms with Gasteiger partial charge in [0.1, 0.15) is 12.2 Å². The first kappa shape index (κ1) is 21.7. The highest BCUT2D eigenvalue weighted by Gasteiger charge is 2.35. The fourth-order valence-electron chi connectivity index (χ4n) is 2.41. The molecule has 1 heterocycles. The quantitative estimate of drug-likeness (QED) is 0.368. The average molecular weight is 455 g/mol. The number of nitrogens with zero attached hydrogens (tertiary/aromatic N) is 1. The van der Waals surface area contributed by atoms with E-state index in [4.69, 9.17) is 9.47 Å². The number of hydrogen-bond acceptors (Lipinski definition) is 6. The van der Waals surface area contributed by atoms with E-state index in [9.17, 15) is 14.4 Å². The lowest BCUT2D eigenvalue weighted by atomic mass is 10.1. The first-order valence-electron chi connectivity index (χ1n) is 8.85. The smallest absolute Gasteiger partial charge is 0.329 e. The maximum atomic E-state index is 12.4. The number of nitrogens with one attached hydrogen (secondary N) is 1. The molecule has 28 heavy (non-hydrogen) atoms. The van der Waals surface area contributed by atoms with Crippen molar-refractivity contribution in [3.8, 4) is 11.5 Å². The molecule has 1 fully saturated rings. The fraction of sp³-hybridized carbons (Fsp3) is 0.421. The third-order valence-electron chi connectivity index (χ3n) is 4.01. The number of methoxy groups -OCH3 is 1. The van der Waals surface area contributed by atoms with E-state index >= 15 is 0 Å². The number of rotatable bonds is 8. The lowest BCUT2D eigenvalue weighted by Gasteiger charge is -2.18. The average Bonchev–Trinajstić information content (AvgIpc) is 2.91. The minimum absolute atomic E-state index is 0.00212. The summed E-state index contributed by atoms with van der Waals surface area (Å²) in [5.74, 6) is -0.193. The van der Waals surface area contributed by atoms with Crippen molar-refractivity contribution in [3.63, 3.8) is 0 Å². The predicted molar refractivity (Wildman–Crippen MR) is 106 cm³/mol. The van der Waals surface area contributed by atoms with Crippen LogP contribution in [-0.4, -0.2) is 49.2 Å². The van der Waals surface area contributed by atoms with E-state index in [0.717, 1.165) is 11.3 Å². The van der Waals surface area contributed by atoms with E-state index in [1.807, 2.05) is 20.8 Å². The molecule has 1 N–H and O–H groups in total. The van der Waals surface area contributed by atoms with Gasteiger partial charge in [0, 0.05) is 0 Å². The van der Waals surface area contributed by atoms with Gasteiger partial charge in [-0.2, -0.15) is 0 Å². The van der Waals surface area contributed by atoms with E-state index in [0.29, 0.717) is 28.1 Å². The van der Waals surface area contributed by atoms with Crippen LogP contribution < -0.4 is 14.8 Å². The molecule has 1 atom stereocenters. The highest BCUT2D eigenvalue weighted by molar-refractivity contribution is 9.10. The molecule has 2 rings (SSSR count). The number of hydrogen-bond donors (Lipinski definition) is 1. The van der Waals surface area contributed by atoms with Gasteiger partial charge in [-0.25, -0.2) is 9.69 Å². The zero-order valence-electron chi connectivity index (χ0n) is 16.2.